The number of phosphoric ester groups is 1. The van der Waals surface area contributed by atoms with Gasteiger partial charge < -0.3 is 28.0 Å². The molecule has 0 N–H and O–H groups in total. The van der Waals surface area contributed by atoms with Crippen molar-refractivity contribution in [3.05, 3.63) is 29.8 Å². The van der Waals surface area contributed by atoms with E-state index in [0.29, 0.717) is 19.4 Å². The Kier molecular flexibility index (Phi) is 20.6. The third-order valence-corrected chi connectivity index (χ3v) is 8.20. The van der Waals surface area contributed by atoms with Gasteiger partial charge in [-0.3, -0.25) is 4.57 Å². The molecule has 0 aromatic heterocycles. The van der Waals surface area contributed by atoms with Crippen molar-refractivity contribution in [3.63, 3.8) is 0 Å². The Hall–Kier alpha value is -1.24. The number of unbranched alkanes of at least 4 members (excludes halogenated alkanes) is 12. The van der Waals surface area contributed by atoms with Gasteiger partial charge in [-0.25, -0.2) is 0 Å². The molecular weight excluding hydrogens is 537 g/mol. The fourth-order valence-electron chi connectivity index (χ4n) is 4.88. The smallest absolute Gasteiger partial charge is 0.267 e. The fraction of sp³-hybridized carbons (Fsp3) is 0.788. The second kappa shape index (κ2) is 22.3. The first-order valence-corrected chi connectivity index (χ1v) is 17.6. The molecule has 238 valence electrons. The zero-order chi connectivity index (χ0) is 30.4. The number of rotatable bonds is 27. The Balaban J connectivity index is 2.27. The first-order valence-electron chi connectivity index (χ1n) is 16.1. The zero-order valence-electron chi connectivity index (χ0n) is 26.9. The number of benzene rings is 1. The van der Waals surface area contributed by atoms with E-state index in [1.165, 1.54) is 77.6 Å². The lowest BCUT2D eigenvalue weighted by Crippen LogP contribution is -2.35. The Bertz CT molecular complexity index is 839. The van der Waals surface area contributed by atoms with Gasteiger partial charge in [0.1, 0.15) is 11.5 Å². The second-order valence-corrected chi connectivity index (χ2v) is 14.1. The lowest BCUT2D eigenvalue weighted by molar-refractivity contribution is -0.870. The maximum atomic E-state index is 12.2. The summed E-state index contributed by atoms with van der Waals surface area (Å²) in [6, 6.07) is 7.84. The number of nitrogens with zero attached hydrogens (tertiary/aromatic N) is 1. The van der Waals surface area contributed by atoms with Gasteiger partial charge in [0, 0.05) is 6.42 Å². The Morgan fingerprint density at radius 3 is 1.88 bits per heavy atom. The minimum absolute atomic E-state index is 0.00270. The van der Waals surface area contributed by atoms with Gasteiger partial charge in [-0.2, -0.15) is 0 Å². The van der Waals surface area contributed by atoms with Crippen LogP contribution in [0.4, 0.5) is 0 Å². The summed E-state index contributed by atoms with van der Waals surface area (Å²) < 4.78 is 29.2. The number of ether oxygens (including phenoxy) is 1. The molecule has 0 radical (unpaired) electrons. The predicted octanol–water partition coefficient (Wildman–Crippen LogP) is 7.89. The standard InChI is InChI=1S/C33H60NO6P/c1-6-7-8-9-10-11-12-13-14-15-16-18-25-38-33-22-20-31(21-23-33)28-32(27-30(2)35)29-40-41(36,37)39-26-19-17-24-34(3,4)5/h20-23,32H,6-19,24-29H2,1-5H3. The fourth-order valence-corrected chi connectivity index (χ4v) is 5.70. The summed E-state index contributed by atoms with van der Waals surface area (Å²) in [5.41, 5.74) is 1.01. The SMILES string of the molecule is CCCCCCCCCCCCCCOc1ccc(CC(COP(=O)([O-])OCCCC[N+](C)(C)C)CC(C)=O)cc1. The molecule has 0 aliphatic rings. The highest BCUT2D eigenvalue weighted by Gasteiger charge is 2.18. The molecule has 2 atom stereocenters. The number of hydrogen-bond donors (Lipinski definition) is 0. The van der Waals surface area contributed by atoms with Gasteiger partial charge in [-0.15, -0.1) is 0 Å². The quantitative estimate of drug-likeness (QED) is 0.0582. The molecule has 1 aromatic carbocycles. The normalized spacial score (nSPS) is 14.1. The van der Waals surface area contributed by atoms with E-state index in [-0.39, 0.29) is 31.3 Å². The van der Waals surface area contributed by atoms with Crippen molar-refractivity contribution in [2.45, 2.75) is 117 Å². The molecule has 41 heavy (non-hydrogen) atoms. The maximum absolute atomic E-state index is 12.2. The van der Waals surface area contributed by atoms with Crippen molar-refractivity contribution < 1.29 is 32.5 Å². The van der Waals surface area contributed by atoms with Crippen LogP contribution in [-0.4, -0.2) is 57.8 Å². The first-order chi connectivity index (χ1) is 19.5. The summed E-state index contributed by atoms with van der Waals surface area (Å²) in [6.07, 6.45) is 18.2. The molecule has 0 saturated carbocycles. The third kappa shape index (κ3) is 23.0. The van der Waals surface area contributed by atoms with Gasteiger partial charge in [0.15, 0.2) is 0 Å². The third-order valence-electron chi connectivity index (χ3n) is 7.23. The highest BCUT2D eigenvalue weighted by atomic mass is 31.2. The van der Waals surface area contributed by atoms with Gasteiger partial charge in [0.05, 0.1) is 47.5 Å². The summed E-state index contributed by atoms with van der Waals surface area (Å²) in [6.45, 7) is 5.47. The lowest BCUT2D eigenvalue weighted by atomic mass is 9.95. The predicted molar refractivity (Wildman–Crippen MR) is 167 cm³/mol. The number of carbonyl (C=O) groups excluding carboxylic acids is 1. The monoisotopic (exact) mass is 597 g/mol. The van der Waals surface area contributed by atoms with Gasteiger partial charge in [-0.05, 0) is 56.2 Å². The molecule has 0 spiro atoms. The molecule has 0 saturated heterocycles. The number of quaternary nitrogens is 1. The van der Waals surface area contributed by atoms with Gasteiger partial charge in [0.2, 0.25) is 0 Å². The highest BCUT2D eigenvalue weighted by Crippen LogP contribution is 2.39. The summed E-state index contributed by atoms with van der Waals surface area (Å²) in [5.74, 6) is 0.589. The second-order valence-electron chi connectivity index (χ2n) is 12.7. The summed E-state index contributed by atoms with van der Waals surface area (Å²) in [5, 5.41) is 0. The topological polar surface area (TPSA) is 84.9 Å². The van der Waals surface area contributed by atoms with Crippen LogP contribution < -0.4 is 9.63 Å². The van der Waals surface area contributed by atoms with Crippen molar-refractivity contribution in [1.82, 2.24) is 0 Å². The van der Waals surface area contributed by atoms with Crippen LogP contribution in [0.1, 0.15) is 116 Å². The highest BCUT2D eigenvalue weighted by molar-refractivity contribution is 7.45. The van der Waals surface area contributed by atoms with E-state index in [9.17, 15) is 14.3 Å². The number of Topliss-reactive ketones (excluding diaryl/α,β-unsaturated/α-hetero) is 1. The van der Waals surface area contributed by atoms with Crippen LogP contribution >= 0.6 is 7.82 Å². The molecule has 0 amide bonds. The van der Waals surface area contributed by atoms with E-state index in [2.05, 4.69) is 28.1 Å². The average Bonchev–Trinajstić information content (AvgIpc) is 2.90. The largest absolute Gasteiger partial charge is 0.756 e. The average molecular weight is 598 g/mol. The number of ketones is 1. The molecular formula is C33H60NO6P. The number of hydrogen-bond acceptors (Lipinski definition) is 6. The van der Waals surface area contributed by atoms with Crippen LogP contribution in [0.25, 0.3) is 0 Å². The molecule has 0 bridgehead atoms. The van der Waals surface area contributed by atoms with E-state index in [4.69, 9.17) is 13.8 Å². The van der Waals surface area contributed by atoms with Crippen molar-refractivity contribution >= 4 is 13.6 Å². The molecule has 2 unspecified atom stereocenters. The molecule has 0 aliphatic heterocycles. The van der Waals surface area contributed by atoms with Crippen molar-refractivity contribution in [3.8, 4) is 5.75 Å². The van der Waals surface area contributed by atoms with Crippen molar-refractivity contribution in [2.24, 2.45) is 5.92 Å². The van der Waals surface area contributed by atoms with Crippen LogP contribution in [0.2, 0.25) is 0 Å². The molecule has 0 heterocycles. The minimum atomic E-state index is -4.40. The minimum Gasteiger partial charge on any atom is -0.756 e. The van der Waals surface area contributed by atoms with Crippen LogP contribution in [0.3, 0.4) is 0 Å². The Labute approximate surface area is 251 Å². The molecule has 0 aliphatic carbocycles. The Morgan fingerprint density at radius 2 is 1.34 bits per heavy atom. The maximum Gasteiger partial charge on any atom is 0.267 e. The first kappa shape index (κ1) is 37.8. The zero-order valence-corrected chi connectivity index (χ0v) is 27.8. The lowest BCUT2D eigenvalue weighted by Gasteiger charge is -2.26. The summed E-state index contributed by atoms with van der Waals surface area (Å²) in [4.78, 5) is 24.0. The van der Waals surface area contributed by atoms with Gasteiger partial charge >= 0.3 is 0 Å². The number of phosphoric acid groups is 1. The van der Waals surface area contributed by atoms with Crippen LogP contribution in [0.5, 0.6) is 5.75 Å². The van der Waals surface area contributed by atoms with E-state index >= 15 is 0 Å². The van der Waals surface area contributed by atoms with Gasteiger partial charge in [0.25, 0.3) is 7.82 Å². The molecule has 7 nitrogen and oxygen atoms in total. The Morgan fingerprint density at radius 1 is 0.805 bits per heavy atom. The summed E-state index contributed by atoms with van der Waals surface area (Å²) in [7, 11) is 1.88. The van der Waals surface area contributed by atoms with E-state index in [1.54, 1.807) is 0 Å². The van der Waals surface area contributed by atoms with E-state index in [1.807, 2.05) is 24.3 Å². The van der Waals surface area contributed by atoms with Crippen molar-refractivity contribution in [1.29, 1.82) is 0 Å². The van der Waals surface area contributed by atoms with Crippen molar-refractivity contribution in [2.75, 3.05) is 47.5 Å². The van der Waals surface area contributed by atoms with Crippen LogP contribution in [0.15, 0.2) is 24.3 Å². The van der Waals surface area contributed by atoms with Crippen LogP contribution in [-0.2, 0) is 24.8 Å². The van der Waals surface area contributed by atoms with Gasteiger partial charge in [-0.1, -0.05) is 89.7 Å². The van der Waals surface area contributed by atoms with E-state index < -0.39 is 7.82 Å². The molecule has 8 heteroatoms. The molecule has 1 rings (SSSR count). The number of carbonyl (C=O) groups is 1. The van der Waals surface area contributed by atoms with E-state index in [0.717, 1.165) is 35.2 Å². The summed E-state index contributed by atoms with van der Waals surface area (Å²) >= 11 is 0. The molecule has 1 aromatic rings. The molecule has 0 fully saturated rings. The van der Waals surface area contributed by atoms with Crippen LogP contribution in [0, 0.1) is 5.92 Å².